The maximum absolute atomic E-state index is 2.99. The fourth-order valence-corrected chi connectivity index (χ4v) is 2.00. The summed E-state index contributed by atoms with van der Waals surface area (Å²) in [5, 5.41) is 0. The van der Waals surface area contributed by atoms with E-state index in [1.54, 1.807) is 5.57 Å². The first kappa shape index (κ1) is 20.5. The summed E-state index contributed by atoms with van der Waals surface area (Å²) in [6.07, 6.45) is 23.0. The number of allylic oxidation sites excluding steroid dienone is 8. The van der Waals surface area contributed by atoms with E-state index in [1.807, 2.05) is 12.2 Å². The molecule has 0 saturated heterocycles. The Morgan fingerprint density at radius 2 is 2.00 bits per heavy atom. The number of halogens is 2. The SMILES string of the molecule is C1=CCC2CC[CH-]C2=C1.[C-]1=CC=CC1.[I-].[I-].[Zr+4]. The molecule has 3 rings (SSSR count). The first-order chi connectivity index (χ1) is 6.97. The van der Waals surface area contributed by atoms with E-state index in [2.05, 4.69) is 36.8 Å². The summed E-state index contributed by atoms with van der Waals surface area (Å²) in [7, 11) is 0. The molecule has 0 nitrogen and oxygen atoms in total. The van der Waals surface area contributed by atoms with Crippen LogP contribution in [-0.2, 0) is 26.2 Å². The van der Waals surface area contributed by atoms with Crippen LogP contribution in [0.15, 0.2) is 42.0 Å². The van der Waals surface area contributed by atoms with E-state index < -0.39 is 0 Å². The van der Waals surface area contributed by atoms with Crippen LogP contribution in [0.4, 0.5) is 0 Å². The Morgan fingerprint density at radius 1 is 1.18 bits per heavy atom. The van der Waals surface area contributed by atoms with Crippen molar-refractivity contribution in [2.75, 3.05) is 0 Å². The molecule has 1 unspecified atom stereocenters. The van der Waals surface area contributed by atoms with Crippen molar-refractivity contribution in [1.29, 1.82) is 0 Å². The van der Waals surface area contributed by atoms with Crippen molar-refractivity contribution in [3.8, 4) is 0 Å². The fraction of sp³-hybridized carbons (Fsp3) is 0.357. The van der Waals surface area contributed by atoms with Gasteiger partial charge in [-0.25, -0.2) is 30.2 Å². The van der Waals surface area contributed by atoms with Crippen LogP contribution in [0.5, 0.6) is 0 Å². The van der Waals surface area contributed by atoms with Crippen LogP contribution in [0.2, 0.25) is 0 Å². The fourth-order valence-electron chi connectivity index (χ4n) is 2.00. The van der Waals surface area contributed by atoms with Crippen LogP contribution >= 0.6 is 0 Å². The molecule has 0 radical (unpaired) electrons. The minimum absolute atomic E-state index is 0. The van der Waals surface area contributed by atoms with Gasteiger partial charge in [0.1, 0.15) is 0 Å². The van der Waals surface area contributed by atoms with Crippen LogP contribution in [0.25, 0.3) is 0 Å². The minimum atomic E-state index is 0. The first-order valence-corrected chi connectivity index (χ1v) is 5.38. The van der Waals surface area contributed by atoms with Crippen LogP contribution in [0, 0.1) is 18.4 Å². The quantitative estimate of drug-likeness (QED) is 0.247. The third-order valence-corrected chi connectivity index (χ3v) is 2.80. The molecule has 1 saturated carbocycles. The summed E-state index contributed by atoms with van der Waals surface area (Å²) in [6.45, 7) is 0. The number of hydrogen-bond donors (Lipinski definition) is 0. The van der Waals surface area contributed by atoms with Crippen molar-refractivity contribution in [2.24, 2.45) is 5.92 Å². The molecule has 0 aromatic rings. The van der Waals surface area contributed by atoms with Crippen molar-refractivity contribution in [3.63, 3.8) is 0 Å². The zero-order valence-corrected chi connectivity index (χ0v) is 16.5. The van der Waals surface area contributed by atoms with Gasteiger partial charge >= 0.3 is 26.2 Å². The molecular weight excluding hydrogens is 513 g/mol. The van der Waals surface area contributed by atoms with Gasteiger partial charge < -0.3 is 48.0 Å². The molecule has 3 aliphatic carbocycles. The Morgan fingerprint density at radius 3 is 2.53 bits per heavy atom. The Bertz CT molecular complexity index is 293. The summed E-state index contributed by atoms with van der Waals surface area (Å²) >= 11 is 0. The largest absolute Gasteiger partial charge is 4.00 e. The summed E-state index contributed by atoms with van der Waals surface area (Å²) < 4.78 is 0. The molecule has 0 N–H and O–H groups in total. The predicted octanol–water partition coefficient (Wildman–Crippen LogP) is -2.20. The first-order valence-electron chi connectivity index (χ1n) is 5.38. The van der Waals surface area contributed by atoms with Gasteiger partial charge in [-0.05, 0) is 12.3 Å². The van der Waals surface area contributed by atoms with Gasteiger partial charge in [0, 0.05) is 0 Å². The summed E-state index contributed by atoms with van der Waals surface area (Å²) in [6, 6.07) is 0. The van der Waals surface area contributed by atoms with Crippen molar-refractivity contribution in [3.05, 3.63) is 54.5 Å². The van der Waals surface area contributed by atoms with E-state index in [9.17, 15) is 0 Å². The van der Waals surface area contributed by atoms with Crippen molar-refractivity contribution >= 4 is 0 Å². The van der Waals surface area contributed by atoms with E-state index >= 15 is 0 Å². The molecule has 0 bridgehead atoms. The van der Waals surface area contributed by atoms with Crippen LogP contribution in [0.3, 0.4) is 0 Å². The second-order valence-corrected chi connectivity index (χ2v) is 3.81. The van der Waals surface area contributed by atoms with Crippen molar-refractivity contribution in [1.82, 2.24) is 0 Å². The van der Waals surface area contributed by atoms with Gasteiger partial charge in [0.25, 0.3) is 0 Å². The molecule has 1 fully saturated rings. The van der Waals surface area contributed by atoms with Gasteiger partial charge in [-0.15, -0.1) is 25.0 Å². The number of rotatable bonds is 0. The van der Waals surface area contributed by atoms with Gasteiger partial charge in [0.2, 0.25) is 0 Å². The maximum Gasteiger partial charge on any atom is 4.00 e. The minimum Gasteiger partial charge on any atom is -1.00 e. The van der Waals surface area contributed by atoms with E-state index in [1.165, 1.54) is 19.3 Å². The molecule has 3 heteroatoms. The van der Waals surface area contributed by atoms with E-state index in [0.29, 0.717) is 0 Å². The summed E-state index contributed by atoms with van der Waals surface area (Å²) in [4.78, 5) is 0. The zero-order valence-electron chi connectivity index (χ0n) is 9.70. The van der Waals surface area contributed by atoms with Crippen molar-refractivity contribution in [2.45, 2.75) is 25.7 Å². The molecule has 0 heterocycles. The molecule has 0 aromatic carbocycles. The topological polar surface area (TPSA) is 0 Å². The van der Waals surface area contributed by atoms with E-state index in [4.69, 9.17) is 0 Å². The second kappa shape index (κ2) is 12.2. The molecule has 3 aliphatic rings. The van der Waals surface area contributed by atoms with Gasteiger partial charge in [0.05, 0.1) is 0 Å². The van der Waals surface area contributed by atoms with Gasteiger partial charge in [0.15, 0.2) is 0 Å². The Hall–Kier alpha value is 1.17. The number of fused-ring (bicyclic) bond motifs is 1. The monoisotopic (exact) mass is 528 g/mol. The number of hydrogen-bond acceptors (Lipinski definition) is 0. The summed E-state index contributed by atoms with van der Waals surface area (Å²) in [5.41, 5.74) is 1.58. The third kappa shape index (κ3) is 7.36. The van der Waals surface area contributed by atoms with Crippen molar-refractivity contribution < 1.29 is 74.2 Å². The molecule has 0 aliphatic heterocycles. The van der Waals surface area contributed by atoms with E-state index in [-0.39, 0.29) is 74.2 Å². The smallest absolute Gasteiger partial charge is 1.00 e. The second-order valence-electron chi connectivity index (χ2n) is 3.81. The molecule has 90 valence electrons. The Labute approximate surface area is 158 Å². The molecular formula is C14H16I2Zr. The molecule has 0 spiro atoms. The average Bonchev–Trinajstić information content (AvgIpc) is 2.92. The molecule has 0 amide bonds. The van der Waals surface area contributed by atoms with Crippen LogP contribution < -0.4 is 48.0 Å². The molecule has 1 atom stereocenters. The summed E-state index contributed by atoms with van der Waals surface area (Å²) in [5.74, 6) is 0.884. The Kier molecular flexibility index (Phi) is 14.7. The normalized spacial score (nSPS) is 21.6. The predicted molar refractivity (Wildman–Crippen MR) is 60.4 cm³/mol. The van der Waals surface area contributed by atoms with Gasteiger partial charge in [-0.1, -0.05) is 6.42 Å². The van der Waals surface area contributed by atoms with Crippen LogP contribution in [-0.4, -0.2) is 0 Å². The Balaban J connectivity index is 0. The third-order valence-electron chi connectivity index (χ3n) is 2.80. The molecule has 0 aromatic heterocycles. The van der Waals surface area contributed by atoms with Gasteiger partial charge in [-0.2, -0.15) is 6.08 Å². The standard InChI is InChI=1S/C9H11.C5H5.2HI.Zr/c1-2-5-9-7-3-6-8(9)4-1;1-2-4-5-3-1;;;/h1-2,4,6,9H,3,5,7H2;1-3H,4H2;2*1H;/q2*-1;;;+4/p-2. The average molecular weight is 529 g/mol. The van der Waals surface area contributed by atoms with Gasteiger partial charge in [-0.3, -0.25) is 6.08 Å². The van der Waals surface area contributed by atoms with E-state index in [0.717, 1.165) is 12.3 Å². The van der Waals surface area contributed by atoms with Crippen LogP contribution in [0.1, 0.15) is 25.7 Å². The zero-order chi connectivity index (χ0) is 9.64. The maximum atomic E-state index is 2.99. The molecule has 17 heavy (non-hydrogen) atoms.